The zero-order chi connectivity index (χ0) is 23.5. The summed E-state index contributed by atoms with van der Waals surface area (Å²) in [7, 11) is -3.16. The Balaban J connectivity index is 2.21. The number of benzene rings is 1. The lowest BCUT2D eigenvalue weighted by Crippen LogP contribution is -2.48. The van der Waals surface area contributed by atoms with Gasteiger partial charge in [-0.1, -0.05) is 40.7 Å². The Morgan fingerprint density at radius 2 is 1.81 bits per heavy atom. The fourth-order valence-electron chi connectivity index (χ4n) is 3.89. The molecule has 0 saturated carbocycles. The Labute approximate surface area is 185 Å². The molecule has 1 saturated heterocycles. The highest BCUT2D eigenvalue weighted by Gasteiger charge is 2.37. The van der Waals surface area contributed by atoms with E-state index < -0.39 is 34.4 Å². The maximum atomic E-state index is 12.9. The molecule has 1 fully saturated rings. The van der Waals surface area contributed by atoms with Gasteiger partial charge in [0.1, 0.15) is 11.3 Å². The van der Waals surface area contributed by atoms with E-state index in [1.165, 1.54) is 0 Å². The van der Waals surface area contributed by atoms with Crippen molar-refractivity contribution in [3.8, 4) is 5.75 Å². The Hall–Kier alpha value is -2.09. The van der Waals surface area contributed by atoms with Gasteiger partial charge >= 0.3 is 5.97 Å². The quantitative estimate of drug-likeness (QED) is 0.604. The fourth-order valence-corrected chi connectivity index (χ4v) is 5.60. The minimum Gasteiger partial charge on any atom is -0.507 e. The van der Waals surface area contributed by atoms with Gasteiger partial charge < -0.3 is 14.7 Å². The van der Waals surface area contributed by atoms with Crippen LogP contribution in [0.2, 0.25) is 0 Å². The molecule has 1 aliphatic heterocycles. The number of amides is 1. The molecule has 31 heavy (non-hydrogen) atoms. The van der Waals surface area contributed by atoms with Gasteiger partial charge in [0.25, 0.3) is 5.91 Å². The summed E-state index contributed by atoms with van der Waals surface area (Å²) in [5, 5.41) is 10.6. The van der Waals surface area contributed by atoms with Gasteiger partial charge in [-0.05, 0) is 48.8 Å². The van der Waals surface area contributed by atoms with Gasteiger partial charge in [0.05, 0.1) is 11.5 Å². The van der Waals surface area contributed by atoms with E-state index >= 15 is 0 Å². The molecule has 0 aromatic heterocycles. The number of nitrogens with zero attached hydrogens (tertiary/aromatic N) is 1. The number of carbonyl (C=O) groups is 2. The first-order valence-electron chi connectivity index (χ1n) is 10.9. The summed E-state index contributed by atoms with van der Waals surface area (Å²) in [6.45, 7) is 11.1. The number of rotatable bonds is 8. The lowest BCUT2D eigenvalue weighted by Gasteiger charge is -2.33. The SMILES string of the molecule is CCC(C)N(C(=O)COC(=O)c1cc(C(C)C)cc(C(C)C)c1O)C1CCS(=O)(=O)C1. The van der Waals surface area contributed by atoms with Gasteiger partial charge in [-0.3, -0.25) is 4.79 Å². The molecule has 174 valence electrons. The van der Waals surface area contributed by atoms with Crippen molar-refractivity contribution >= 4 is 21.7 Å². The van der Waals surface area contributed by atoms with Crippen LogP contribution in [-0.4, -0.2) is 60.5 Å². The van der Waals surface area contributed by atoms with E-state index in [0.717, 1.165) is 5.56 Å². The van der Waals surface area contributed by atoms with Gasteiger partial charge in [-0.25, -0.2) is 13.2 Å². The molecule has 1 aromatic carbocycles. The summed E-state index contributed by atoms with van der Waals surface area (Å²) >= 11 is 0. The van der Waals surface area contributed by atoms with E-state index in [9.17, 15) is 23.1 Å². The number of hydrogen-bond acceptors (Lipinski definition) is 6. The average molecular weight is 454 g/mol. The molecule has 7 nitrogen and oxygen atoms in total. The second-order valence-electron chi connectivity index (χ2n) is 9.01. The van der Waals surface area contributed by atoms with Crippen LogP contribution in [-0.2, 0) is 19.4 Å². The monoisotopic (exact) mass is 453 g/mol. The number of sulfone groups is 1. The molecule has 2 rings (SSSR count). The summed E-state index contributed by atoms with van der Waals surface area (Å²) in [6.07, 6.45) is 1.05. The van der Waals surface area contributed by atoms with Crippen molar-refractivity contribution in [2.24, 2.45) is 0 Å². The molecule has 0 radical (unpaired) electrons. The smallest absolute Gasteiger partial charge is 0.342 e. The molecule has 1 aromatic rings. The highest BCUT2D eigenvalue weighted by atomic mass is 32.2. The van der Waals surface area contributed by atoms with Crippen LogP contribution in [0.1, 0.15) is 87.7 Å². The summed E-state index contributed by atoms with van der Waals surface area (Å²) in [5.41, 5.74) is 1.60. The molecule has 1 amide bonds. The highest BCUT2D eigenvalue weighted by Crippen LogP contribution is 2.33. The molecule has 1 aliphatic rings. The predicted molar refractivity (Wildman–Crippen MR) is 120 cm³/mol. The van der Waals surface area contributed by atoms with Crippen LogP contribution in [0.4, 0.5) is 0 Å². The Morgan fingerprint density at radius 3 is 2.29 bits per heavy atom. The normalized spacial score (nSPS) is 18.9. The van der Waals surface area contributed by atoms with Crippen LogP contribution in [0.5, 0.6) is 5.75 Å². The van der Waals surface area contributed by atoms with Crippen LogP contribution in [0.25, 0.3) is 0 Å². The Bertz CT molecular complexity index is 922. The Kier molecular flexibility index (Phi) is 8.14. The van der Waals surface area contributed by atoms with Crippen LogP contribution < -0.4 is 0 Å². The third-order valence-corrected chi connectivity index (χ3v) is 7.70. The second kappa shape index (κ2) is 10.0. The van der Waals surface area contributed by atoms with Crippen molar-refractivity contribution in [2.75, 3.05) is 18.1 Å². The topological polar surface area (TPSA) is 101 Å². The maximum Gasteiger partial charge on any atom is 0.342 e. The summed E-state index contributed by atoms with van der Waals surface area (Å²) in [6, 6.07) is 2.91. The zero-order valence-corrected chi connectivity index (χ0v) is 20.2. The van der Waals surface area contributed by atoms with Crippen molar-refractivity contribution in [1.29, 1.82) is 0 Å². The number of ether oxygens (including phenoxy) is 1. The molecule has 1 heterocycles. The molecule has 2 atom stereocenters. The molecule has 0 aliphatic carbocycles. The third kappa shape index (κ3) is 5.99. The predicted octanol–water partition coefficient (Wildman–Crippen LogP) is 3.61. The molecule has 0 spiro atoms. The van der Waals surface area contributed by atoms with Crippen molar-refractivity contribution in [3.05, 3.63) is 28.8 Å². The van der Waals surface area contributed by atoms with Crippen molar-refractivity contribution < 1.29 is 27.9 Å². The van der Waals surface area contributed by atoms with Crippen molar-refractivity contribution in [3.63, 3.8) is 0 Å². The van der Waals surface area contributed by atoms with Gasteiger partial charge in [-0.2, -0.15) is 0 Å². The van der Waals surface area contributed by atoms with E-state index in [2.05, 4.69) is 0 Å². The highest BCUT2D eigenvalue weighted by molar-refractivity contribution is 7.91. The van der Waals surface area contributed by atoms with Crippen molar-refractivity contribution in [2.45, 2.75) is 78.3 Å². The maximum absolute atomic E-state index is 12.9. The number of phenolic OH excluding ortho intramolecular Hbond substituents is 1. The van der Waals surface area contributed by atoms with Crippen LogP contribution >= 0.6 is 0 Å². The largest absolute Gasteiger partial charge is 0.507 e. The van der Waals surface area contributed by atoms with E-state index in [1.54, 1.807) is 11.0 Å². The molecular formula is C23H35NO6S. The minimum atomic E-state index is -3.16. The average Bonchev–Trinajstić information content (AvgIpc) is 3.04. The first-order valence-corrected chi connectivity index (χ1v) is 12.8. The first kappa shape index (κ1) is 25.2. The minimum absolute atomic E-state index is 0.0112. The second-order valence-corrected chi connectivity index (χ2v) is 11.2. The summed E-state index contributed by atoms with van der Waals surface area (Å²) < 4.78 is 29.1. The molecule has 1 N–H and O–H groups in total. The molecule has 2 unspecified atom stereocenters. The van der Waals surface area contributed by atoms with Crippen LogP contribution in [0.3, 0.4) is 0 Å². The van der Waals surface area contributed by atoms with Gasteiger partial charge in [0, 0.05) is 12.1 Å². The lowest BCUT2D eigenvalue weighted by molar-refractivity contribution is -0.138. The van der Waals surface area contributed by atoms with Gasteiger partial charge in [0.2, 0.25) is 0 Å². The van der Waals surface area contributed by atoms with Crippen molar-refractivity contribution in [1.82, 2.24) is 4.90 Å². The standard InChI is InChI=1S/C23H35NO6S/c1-7-16(6)24(18-8-9-31(28,29)13-18)21(25)12-30-23(27)20-11-17(14(2)3)10-19(15(4)5)22(20)26/h10-11,14-16,18,26H,7-9,12-13H2,1-6H3. The Morgan fingerprint density at radius 1 is 1.16 bits per heavy atom. The summed E-state index contributed by atoms with van der Waals surface area (Å²) in [4.78, 5) is 27.2. The molecular weight excluding hydrogens is 418 g/mol. The van der Waals surface area contributed by atoms with Crippen LogP contribution in [0, 0.1) is 0 Å². The number of hydrogen-bond donors (Lipinski definition) is 1. The van der Waals surface area contributed by atoms with E-state index in [0.29, 0.717) is 18.4 Å². The number of esters is 1. The van der Waals surface area contributed by atoms with E-state index in [4.69, 9.17) is 4.74 Å². The van der Waals surface area contributed by atoms with E-state index in [-0.39, 0.29) is 40.7 Å². The number of phenols is 1. The van der Waals surface area contributed by atoms with Gasteiger partial charge in [-0.15, -0.1) is 0 Å². The zero-order valence-electron chi connectivity index (χ0n) is 19.3. The van der Waals surface area contributed by atoms with Gasteiger partial charge in [0.15, 0.2) is 16.4 Å². The summed E-state index contributed by atoms with van der Waals surface area (Å²) in [5.74, 6) is -1.16. The molecule has 8 heteroatoms. The first-order chi connectivity index (χ1) is 14.4. The fraction of sp³-hybridized carbons (Fsp3) is 0.652. The third-order valence-electron chi connectivity index (χ3n) is 5.95. The number of carbonyl (C=O) groups excluding carboxylic acids is 2. The number of aromatic hydroxyl groups is 1. The lowest BCUT2D eigenvalue weighted by atomic mass is 9.92. The van der Waals surface area contributed by atoms with Crippen LogP contribution in [0.15, 0.2) is 12.1 Å². The van der Waals surface area contributed by atoms with E-state index in [1.807, 2.05) is 47.6 Å². The molecule has 0 bridgehead atoms.